The number of esters is 1. The second kappa shape index (κ2) is 4.94. The van der Waals surface area contributed by atoms with E-state index in [4.69, 9.17) is 9.84 Å². The van der Waals surface area contributed by atoms with Crippen molar-refractivity contribution in [2.24, 2.45) is 0 Å². The van der Waals surface area contributed by atoms with Crippen LogP contribution in [0.25, 0.3) is 16.4 Å². The van der Waals surface area contributed by atoms with Crippen molar-refractivity contribution < 1.29 is 19.4 Å². The third-order valence-electron chi connectivity index (χ3n) is 3.44. The number of carboxylic acids is 1. The lowest BCUT2D eigenvalue weighted by Gasteiger charge is -2.02. The summed E-state index contributed by atoms with van der Waals surface area (Å²) >= 11 is 0. The maximum absolute atomic E-state index is 12.0. The van der Waals surface area contributed by atoms with Crippen LogP contribution in [0.1, 0.15) is 15.9 Å². The molecule has 0 saturated carbocycles. The lowest BCUT2D eigenvalue weighted by molar-refractivity contribution is -0.136. The number of fused-ring (bicyclic) bond motifs is 3. The van der Waals surface area contributed by atoms with Gasteiger partial charge in [-0.3, -0.25) is 4.79 Å². The number of hydrogen-bond donors (Lipinski definition) is 1. The van der Waals surface area contributed by atoms with Crippen LogP contribution in [0.5, 0.6) is 0 Å². The van der Waals surface area contributed by atoms with Gasteiger partial charge in [-0.15, -0.1) is 0 Å². The summed E-state index contributed by atoms with van der Waals surface area (Å²) in [6, 6.07) is 10.9. The fraction of sp³-hybridized carbons (Fsp3) is 0.125. The Labute approximate surface area is 120 Å². The van der Waals surface area contributed by atoms with Crippen molar-refractivity contribution in [3.05, 3.63) is 53.7 Å². The lowest BCUT2D eigenvalue weighted by Crippen LogP contribution is -2.03. The van der Waals surface area contributed by atoms with Gasteiger partial charge in [-0.25, -0.2) is 4.79 Å². The molecule has 3 rings (SSSR count). The number of hydrogen-bond acceptors (Lipinski definition) is 3. The fourth-order valence-electron chi connectivity index (χ4n) is 2.58. The molecular weight excluding hydrogens is 270 g/mol. The molecule has 0 spiro atoms. The molecule has 5 nitrogen and oxygen atoms in total. The van der Waals surface area contributed by atoms with Gasteiger partial charge in [0.05, 0.1) is 30.1 Å². The quantitative estimate of drug-likeness (QED) is 0.750. The van der Waals surface area contributed by atoms with E-state index >= 15 is 0 Å². The van der Waals surface area contributed by atoms with Crippen molar-refractivity contribution in [1.29, 1.82) is 0 Å². The lowest BCUT2D eigenvalue weighted by atomic mass is 10.1. The summed E-state index contributed by atoms with van der Waals surface area (Å²) < 4.78 is 6.69. The number of rotatable bonds is 3. The number of nitrogens with zero attached hydrogens (tertiary/aromatic N) is 1. The zero-order valence-electron chi connectivity index (χ0n) is 11.4. The Morgan fingerprint density at radius 2 is 1.90 bits per heavy atom. The zero-order valence-corrected chi connectivity index (χ0v) is 11.4. The normalized spacial score (nSPS) is 10.9. The minimum Gasteiger partial charge on any atom is -0.481 e. The van der Waals surface area contributed by atoms with Gasteiger partial charge in [-0.2, -0.15) is 0 Å². The van der Waals surface area contributed by atoms with Gasteiger partial charge >= 0.3 is 11.9 Å². The van der Waals surface area contributed by atoms with Gasteiger partial charge in [-0.1, -0.05) is 24.3 Å². The number of carbonyl (C=O) groups is 2. The van der Waals surface area contributed by atoms with Gasteiger partial charge in [0, 0.05) is 11.6 Å². The van der Waals surface area contributed by atoms with Crippen LogP contribution >= 0.6 is 0 Å². The van der Waals surface area contributed by atoms with Crippen LogP contribution in [0, 0.1) is 0 Å². The standard InChI is InChI=1S/C16H13NO4/c1-21-16(20)15-11-4-2-3-5-12(11)17-9-10(8-14(18)19)6-7-13(15)17/h2-7,9H,8H2,1H3,(H,18,19). The van der Waals surface area contributed by atoms with E-state index in [9.17, 15) is 9.59 Å². The van der Waals surface area contributed by atoms with E-state index in [-0.39, 0.29) is 6.42 Å². The Morgan fingerprint density at radius 3 is 2.62 bits per heavy atom. The van der Waals surface area contributed by atoms with Crippen molar-refractivity contribution in [3.8, 4) is 0 Å². The number of ether oxygens (including phenoxy) is 1. The van der Waals surface area contributed by atoms with Crippen LogP contribution in [0.4, 0.5) is 0 Å². The molecule has 0 unspecified atom stereocenters. The minimum atomic E-state index is -0.890. The molecule has 0 fully saturated rings. The van der Waals surface area contributed by atoms with Gasteiger partial charge in [0.2, 0.25) is 0 Å². The highest BCUT2D eigenvalue weighted by Crippen LogP contribution is 2.27. The van der Waals surface area contributed by atoms with Crippen LogP contribution in [0.2, 0.25) is 0 Å². The van der Waals surface area contributed by atoms with Crippen molar-refractivity contribution in [3.63, 3.8) is 0 Å². The second-order valence-electron chi connectivity index (χ2n) is 4.75. The molecule has 0 saturated heterocycles. The number of pyridine rings is 1. The first-order valence-corrected chi connectivity index (χ1v) is 6.43. The summed E-state index contributed by atoms with van der Waals surface area (Å²) in [5, 5.41) is 9.69. The van der Waals surface area contributed by atoms with Gasteiger partial charge in [0.15, 0.2) is 0 Å². The fourth-order valence-corrected chi connectivity index (χ4v) is 2.58. The van der Waals surface area contributed by atoms with E-state index in [2.05, 4.69) is 0 Å². The van der Waals surface area contributed by atoms with Crippen molar-refractivity contribution in [2.45, 2.75) is 6.42 Å². The number of carbonyl (C=O) groups excluding carboxylic acids is 1. The number of aromatic nitrogens is 1. The maximum Gasteiger partial charge on any atom is 0.340 e. The molecule has 2 aromatic heterocycles. The first-order valence-electron chi connectivity index (χ1n) is 6.43. The van der Waals surface area contributed by atoms with Gasteiger partial charge in [0.1, 0.15) is 0 Å². The number of aliphatic carboxylic acids is 1. The predicted octanol–water partition coefficient (Wildman–Crippen LogP) is 2.51. The topological polar surface area (TPSA) is 68.0 Å². The molecule has 0 radical (unpaired) electrons. The number of para-hydroxylation sites is 1. The Bertz CT molecular complexity index is 863. The largest absolute Gasteiger partial charge is 0.481 e. The number of benzene rings is 1. The summed E-state index contributed by atoms with van der Waals surface area (Å²) in [5.41, 5.74) is 2.72. The molecule has 3 aromatic rings. The first-order chi connectivity index (χ1) is 10.1. The second-order valence-corrected chi connectivity index (χ2v) is 4.75. The highest BCUT2D eigenvalue weighted by molar-refractivity contribution is 6.11. The van der Waals surface area contributed by atoms with Crippen LogP contribution in [0.3, 0.4) is 0 Å². The van der Waals surface area contributed by atoms with Gasteiger partial charge in [-0.05, 0) is 17.7 Å². The van der Waals surface area contributed by atoms with E-state index in [0.717, 1.165) is 10.9 Å². The Morgan fingerprint density at radius 1 is 1.14 bits per heavy atom. The third-order valence-corrected chi connectivity index (χ3v) is 3.44. The SMILES string of the molecule is COC(=O)c1c2ccccc2n2cc(CC(=O)O)ccc12. The Balaban J connectivity index is 2.35. The van der Waals surface area contributed by atoms with Crippen molar-refractivity contribution in [1.82, 2.24) is 4.40 Å². The Hall–Kier alpha value is -2.82. The smallest absolute Gasteiger partial charge is 0.340 e. The Kier molecular flexibility index (Phi) is 3.10. The highest BCUT2D eigenvalue weighted by atomic mass is 16.5. The minimum absolute atomic E-state index is 0.0595. The molecule has 1 aromatic carbocycles. The van der Waals surface area contributed by atoms with Crippen LogP contribution in [-0.4, -0.2) is 28.6 Å². The monoisotopic (exact) mass is 283 g/mol. The molecule has 0 aliphatic rings. The van der Waals surface area contributed by atoms with E-state index < -0.39 is 11.9 Å². The molecule has 0 bridgehead atoms. The molecule has 1 N–H and O–H groups in total. The first kappa shape index (κ1) is 13.2. The summed E-state index contributed by atoms with van der Waals surface area (Å²) in [5.74, 6) is -1.29. The van der Waals surface area contributed by atoms with E-state index in [1.54, 1.807) is 18.3 Å². The van der Waals surface area contributed by atoms with Gasteiger partial charge in [0.25, 0.3) is 0 Å². The summed E-state index contributed by atoms with van der Waals surface area (Å²) in [4.78, 5) is 22.9. The van der Waals surface area contributed by atoms with E-state index in [1.165, 1.54) is 7.11 Å². The van der Waals surface area contributed by atoms with Crippen LogP contribution in [0.15, 0.2) is 42.6 Å². The molecule has 5 heteroatoms. The number of carboxylic acid groups (broad SMARTS) is 1. The molecule has 106 valence electrons. The van der Waals surface area contributed by atoms with E-state index in [1.807, 2.05) is 28.7 Å². The summed E-state index contributed by atoms with van der Waals surface area (Å²) in [6.45, 7) is 0. The third kappa shape index (κ3) is 2.12. The molecule has 0 aliphatic carbocycles. The average Bonchev–Trinajstić information content (AvgIpc) is 2.80. The zero-order chi connectivity index (χ0) is 15.0. The molecular formula is C16H13NO4. The summed E-state index contributed by atoms with van der Waals surface area (Å²) in [6.07, 6.45) is 1.69. The molecule has 0 atom stereocenters. The molecule has 0 aliphatic heterocycles. The van der Waals surface area contributed by atoms with Crippen molar-refractivity contribution in [2.75, 3.05) is 7.11 Å². The molecule has 0 amide bonds. The highest BCUT2D eigenvalue weighted by Gasteiger charge is 2.18. The summed E-state index contributed by atoms with van der Waals surface area (Å²) in [7, 11) is 1.35. The van der Waals surface area contributed by atoms with Crippen molar-refractivity contribution >= 4 is 28.4 Å². The average molecular weight is 283 g/mol. The predicted molar refractivity (Wildman–Crippen MR) is 77.6 cm³/mol. The maximum atomic E-state index is 12.0. The van der Waals surface area contributed by atoms with Crippen LogP contribution < -0.4 is 0 Å². The van der Waals surface area contributed by atoms with Gasteiger partial charge < -0.3 is 14.2 Å². The van der Waals surface area contributed by atoms with E-state index in [0.29, 0.717) is 16.6 Å². The molecule has 2 heterocycles. The van der Waals surface area contributed by atoms with Crippen LogP contribution in [-0.2, 0) is 16.0 Å². The number of methoxy groups -OCH3 is 1. The molecule has 21 heavy (non-hydrogen) atoms.